The first-order valence-electron chi connectivity index (χ1n) is 9.41. The SMILES string of the molecule is CC(=O)c1sc(N)c(C(=O)N2CCC3(CC2)CC(=O)c2cc(F)ccc2S3)c1C. The molecule has 3 heterocycles. The van der Waals surface area contributed by atoms with Crippen LogP contribution in [0.4, 0.5) is 9.39 Å². The van der Waals surface area contributed by atoms with Crippen molar-refractivity contribution >= 4 is 45.6 Å². The van der Waals surface area contributed by atoms with Crippen LogP contribution in [0.5, 0.6) is 0 Å². The molecule has 2 aliphatic heterocycles. The fourth-order valence-corrected chi connectivity index (χ4v) is 6.59. The van der Waals surface area contributed by atoms with Crippen molar-refractivity contribution in [3.05, 3.63) is 45.6 Å². The first kappa shape index (κ1) is 20.1. The van der Waals surface area contributed by atoms with Gasteiger partial charge in [0.25, 0.3) is 5.91 Å². The maximum absolute atomic E-state index is 13.5. The molecule has 0 atom stereocenters. The van der Waals surface area contributed by atoms with E-state index in [2.05, 4.69) is 0 Å². The van der Waals surface area contributed by atoms with E-state index in [1.54, 1.807) is 29.7 Å². The Morgan fingerprint density at radius 3 is 2.55 bits per heavy atom. The number of nitrogens with zero attached hydrogens (tertiary/aromatic N) is 1. The molecule has 29 heavy (non-hydrogen) atoms. The number of piperidine rings is 1. The van der Waals surface area contributed by atoms with Crippen molar-refractivity contribution < 1.29 is 18.8 Å². The summed E-state index contributed by atoms with van der Waals surface area (Å²) >= 11 is 2.78. The van der Waals surface area contributed by atoms with Gasteiger partial charge in [-0.2, -0.15) is 0 Å². The Kier molecular flexibility index (Phi) is 5.02. The van der Waals surface area contributed by atoms with Gasteiger partial charge in [-0.25, -0.2) is 4.39 Å². The van der Waals surface area contributed by atoms with Gasteiger partial charge in [-0.05, 0) is 50.5 Å². The fraction of sp³-hybridized carbons (Fsp3) is 0.381. The monoisotopic (exact) mass is 432 g/mol. The lowest BCUT2D eigenvalue weighted by Crippen LogP contribution is -2.47. The zero-order chi connectivity index (χ0) is 20.9. The van der Waals surface area contributed by atoms with Crippen LogP contribution in [0.2, 0.25) is 0 Å². The van der Waals surface area contributed by atoms with Crippen LogP contribution < -0.4 is 5.73 Å². The van der Waals surface area contributed by atoms with Crippen LogP contribution in [-0.4, -0.2) is 40.2 Å². The van der Waals surface area contributed by atoms with E-state index in [0.717, 1.165) is 16.2 Å². The number of carbonyl (C=O) groups excluding carboxylic acids is 3. The molecule has 0 bridgehead atoms. The Labute approximate surface area is 176 Å². The van der Waals surface area contributed by atoms with Gasteiger partial charge in [-0.15, -0.1) is 23.1 Å². The smallest absolute Gasteiger partial charge is 0.257 e. The second-order valence-corrected chi connectivity index (χ2v) is 10.2. The van der Waals surface area contributed by atoms with Crippen molar-refractivity contribution in [3.8, 4) is 0 Å². The molecule has 1 aromatic heterocycles. The predicted molar refractivity (Wildman–Crippen MR) is 113 cm³/mol. The largest absolute Gasteiger partial charge is 0.390 e. The van der Waals surface area contributed by atoms with E-state index < -0.39 is 5.82 Å². The molecule has 1 saturated heterocycles. The summed E-state index contributed by atoms with van der Waals surface area (Å²) in [7, 11) is 0. The number of thioether (sulfide) groups is 1. The highest BCUT2D eigenvalue weighted by molar-refractivity contribution is 8.01. The number of nitrogens with two attached hydrogens (primary N) is 1. The van der Waals surface area contributed by atoms with Crippen LogP contribution in [0.1, 0.15) is 62.1 Å². The molecular weight excluding hydrogens is 411 g/mol. The van der Waals surface area contributed by atoms with E-state index in [-0.39, 0.29) is 22.2 Å². The van der Waals surface area contributed by atoms with Gasteiger partial charge in [-0.3, -0.25) is 14.4 Å². The molecule has 8 heteroatoms. The van der Waals surface area contributed by atoms with E-state index in [0.29, 0.717) is 58.9 Å². The number of Topliss-reactive ketones (excluding diaryl/α,β-unsaturated/α-hetero) is 2. The summed E-state index contributed by atoms with van der Waals surface area (Å²) in [5.74, 6) is -0.693. The highest BCUT2D eigenvalue weighted by Crippen LogP contribution is 2.49. The Bertz CT molecular complexity index is 1040. The number of hydrogen-bond donors (Lipinski definition) is 1. The molecule has 4 rings (SSSR count). The molecule has 1 amide bonds. The fourth-order valence-electron chi connectivity index (χ4n) is 4.16. The molecule has 0 aliphatic carbocycles. The average Bonchev–Trinajstić information content (AvgIpc) is 2.97. The van der Waals surface area contributed by atoms with Crippen molar-refractivity contribution in [2.24, 2.45) is 0 Å². The van der Waals surface area contributed by atoms with E-state index in [1.165, 1.54) is 19.1 Å². The number of amides is 1. The molecule has 1 spiro atoms. The molecule has 0 saturated carbocycles. The number of fused-ring (bicyclic) bond motifs is 1. The Morgan fingerprint density at radius 2 is 1.93 bits per heavy atom. The van der Waals surface area contributed by atoms with Crippen molar-refractivity contribution in [1.82, 2.24) is 4.90 Å². The molecule has 5 nitrogen and oxygen atoms in total. The molecule has 2 N–H and O–H groups in total. The first-order chi connectivity index (χ1) is 13.7. The van der Waals surface area contributed by atoms with Gasteiger partial charge in [-0.1, -0.05) is 0 Å². The van der Waals surface area contributed by atoms with Gasteiger partial charge >= 0.3 is 0 Å². The summed E-state index contributed by atoms with van der Waals surface area (Å²) in [5.41, 5.74) is 7.57. The Balaban J connectivity index is 1.52. The number of hydrogen-bond acceptors (Lipinski definition) is 6. The van der Waals surface area contributed by atoms with E-state index in [9.17, 15) is 18.8 Å². The number of anilines is 1. The Morgan fingerprint density at radius 1 is 1.24 bits per heavy atom. The highest BCUT2D eigenvalue weighted by atomic mass is 32.2. The second kappa shape index (κ2) is 7.25. The van der Waals surface area contributed by atoms with E-state index >= 15 is 0 Å². The standard InChI is InChI=1S/C21H21FN2O3S2/c1-11-17(19(23)28-18(11)12(2)25)20(27)24-7-5-21(6-8-24)10-15(26)14-9-13(22)3-4-16(14)29-21/h3-4,9H,5-8,10,23H2,1-2H3. The number of nitrogen functional groups attached to an aromatic ring is 1. The minimum Gasteiger partial charge on any atom is -0.390 e. The summed E-state index contributed by atoms with van der Waals surface area (Å²) in [6, 6.07) is 4.36. The van der Waals surface area contributed by atoms with Crippen molar-refractivity contribution in [2.75, 3.05) is 18.8 Å². The third kappa shape index (κ3) is 3.48. The third-order valence-corrected chi connectivity index (χ3v) is 8.50. The van der Waals surface area contributed by atoms with Crippen molar-refractivity contribution in [2.45, 2.75) is 42.8 Å². The second-order valence-electron chi connectivity index (χ2n) is 7.67. The normalized spacial score (nSPS) is 18.0. The maximum atomic E-state index is 13.5. The zero-order valence-electron chi connectivity index (χ0n) is 16.2. The molecule has 2 aromatic rings. The molecule has 0 radical (unpaired) electrons. The number of halogens is 1. The molecule has 2 aliphatic rings. The van der Waals surface area contributed by atoms with Crippen LogP contribution in [0, 0.1) is 12.7 Å². The summed E-state index contributed by atoms with van der Waals surface area (Å²) < 4.78 is 13.2. The molecule has 1 aromatic carbocycles. The minimum absolute atomic E-state index is 0.0398. The van der Waals surface area contributed by atoms with Crippen LogP contribution in [0.25, 0.3) is 0 Å². The Hall–Kier alpha value is -2.19. The first-order valence-corrected chi connectivity index (χ1v) is 11.0. The van der Waals surface area contributed by atoms with Gasteiger partial charge in [0, 0.05) is 34.7 Å². The van der Waals surface area contributed by atoms with Crippen molar-refractivity contribution in [1.29, 1.82) is 0 Å². The maximum Gasteiger partial charge on any atom is 0.257 e. The van der Waals surface area contributed by atoms with Gasteiger partial charge in [0.1, 0.15) is 5.82 Å². The summed E-state index contributed by atoms with van der Waals surface area (Å²) in [6.07, 6.45) is 1.70. The lowest BCUT2D eigenvalue weighted by Gasteiger charge is -2.43. The molecule has 152 valence electrons. The lowest BCUT2D eigenvalue weighted by atomic mass is 9.87. The average molecular weight is 433 g/mol. The molecule has 1 fully saturated rings. The minimum atomic E-state index is -0.400. The lowest BCUT2D eigenvalue weighted by molar-refractivity contribution is 0.0697. The zero-order valence-corrected chi connectivity index (χ0v) is 17.8. The molecular formula is C21H21FN2O3S2. The molecule has 0 unspecified atom stereocenters. The summed E-state index contributed by atoms with van der Waals surface area (Å²) in [4.78, 5) is 40.5. The number of carbonyl (C=O) groups is 3. The number of thiophene rings is 1. The van der Waals surface area contributed by atoms with Crippen LogP contribution in [0.3, 0.4) is 0 Å². The van der Waals surface area contributed by atoms with Gasteiger partial charge in [0.2, 0.25) is 0 Å². The van der Waals surface area contributed by atoms with Gasteiger partial charge in [0.05, 0.1) is 15.4 Å². The highest BCUT2D eigenvalue weighted by Gasteiger charge is 2.43. The van der Waals surface area contributed by atoms with Crippen LogP contribution in [-0.2, 0) is 0 Å². The van der Waals surface area contributed by atoms with Crippen molar-refractivity contribution in [3.63, 3.8) is 0 Å². The topological polar surface area (TPSA) is 80.5 Å². The van der Waals surface area contributed by atoms with Crippen LogP contribution >= 0.6 is 23.1 Å². The van der Waals surface area contributed by atoms with Gasteiger partial charge < -0.3 is 10.6 Å². The number of benzene rings is 1. The summed E-state index contributed by atoms with van der Waals surface area (Å²) in [5, 5.41) is 0.371. The number of likely N-dealkylation sites (tertiary alicyclic amines) is 1. The summed E-state index contributed by atoms with van der Waals surface area (Å²) in [6.45, 7) is 4.26. The predicted octanol–water partition coefficient (Wildman–Crippen LogP) is 4.33. The van der Waals surface area contributed by atoms with Crippen LogP contribution in [0.15, 0.2) is 23.1 Å². The van der Waals surface area contributed by atoms with Gasteiger partial charge in [0.15, 0.2) is 11.6 Å². The number of ketones is 2. The quantitative estimate of drug-likeness (QED) is 0.715. The number of rotatable bonds is 2. The van der Waals surface area contributed by atoms with E-state index in [4.69, 9.17) is 5.73 Å². The third-order valence-electron chi connectivity index (χ3n) is 5.72. The van der Waals surface area contributed by atoms with E-state index in [1.807, 2.05) is 0 Å².